The second-order valence-electron chi connectivity index (χ2n) is 6.08. The van der Waals surface area contributed by atoms with Gasteiger partial charge in [-0.2, -0.15) is 0 Å². The summed E-state index contributed by atoms with van der Waals surface area (Å²) in [5.41, 5.74) is 1.19. The van der Waals surface area contributed by atoms with Gasteiger partial charge in [0.2, 0.25) is 0 Å². The lowest BCUT2D eigenvalue weighted by Gasteiger charge is -2.42. The Kier molecular flexibility index (Phi) is 4.10. The molecule has 0 amide bonds. The zero-order valence-corrected chi connectivity index (χ0v) is 13.4. The molecule has 1 aliphatic heterocycles. The summed E-state index contributed by atoms with van der Waals surface area (Å²) < 4.78 is 2.13. The zero-order chi connectivity index (χ0) is 14.1. The Bertz CT molecular complexity index is 530. The van der Waals surface area contributed by atoms with E-state index >= 15 is 0 Å². The number of hydrogen-bond acceptors (Lipinski definition) is 4. The molecule has 2 aromatic rings. The average Bonchev–Trinajstić information content (AvgIpc) is 2.99. The van der Waals surface area contributed by atoms with E-state index < -0.39 is 0 Å². The van der Waals surface area contributed by atoms with Gasteiger partial charge >= 0.3 is 0 Å². The second kappa shape index (κ2) is 5.84. The first kappa shape index (κ1) is 14.0. The van der Waals surface area contributed by atoms with Crippen molar-refractivity contribution in [2.45, 2.75) is 45.8 Å². The van der Waals surface area contributed by atoms with Crippen molar-refractivity contribution in [3.05, 3.63) is 23.5 Å². The monoisotopic (exact) mass is 292 g/mol. The van der Waals surface area contributed by atoms with E-state index in [2.05, 4.69) is 53.2 Å². The van der Waals surface area contributed by atoms with Gasteiger partial charge in [-0.25, -0.2) is 4.98 Å². The van der Waals surface area contributed by atoms with E-state index in [9.17, 15) is 0 Å². The molecule has 5 heteroatoms. The Balaban J connectivity index is 1.76. The molecule has 3 heterocycles. The van der Waals surface area contributed by atoms with E-state index in [0.29, 0.717) is 18.0 Å². The minimum atomic E-state index is 0.609. The Hall–Kier alpha value is -0.910. The first-order valence-corrected chi connectivity index (χ1v) is 8.44. The lowest BCUT2D eigenvalue weighted by atomic mass is 9.97. The maximum absolute atomic E-state index is 4.73. The van der Waals surface area contributed by atoms with Crippen LogP contribution in [0.15, 0.2) is 17.8 Å². The molecule has 1 aliphatic rings. The van der Waals surface area contributed by atoms with Gasteiger partial charge in [0.15, 0.2) is 4.96 Å². The fourth-order valence-corrected chi connectivity index (χ4v) is 3.79. The molecule has 110 valence electrons. The van der Waals surface area contributed by atoms with Crippen molar-refractivity contribution in [2.75, 3.05) is 13.1 Å². The van der Waals surface area contributed by atoms with Crippen molar-refractivity contribution < 1.29 is 0 Å². The highest BCUT2D eigenvalue weighted by Crippen LogP contribution is 2.20. The highest BCUT2D eigenvalue weighted by Gasteiger charge is 2.29. The summed E-state index contributed by atoms with van der Waals surface area (Å²) in [7, 11) is 0. The van der Waals surface area contributed by atoms with Crippen molar-refractivity contribution in [1.82, 2.24) is 19.6 Å². The Labute approximate surface area is 124 Å². The molecule has 2 aromatic heterocycles. The lowest BCUT2D eigenvalue weighted by Crippen LogP contribution is -2.57. The lowest BCUT2D eigenvalue weighted by molar-refractivity contribution is 0.0889. The number of imidazole rings is 1. The van der Waals surface area contributed by atoms with Gasteiger partial charge in [0.25, 0.3) is 0 Å². The molecule has 2 atom stereocenters. The Morgan fingerprint density at radius 2 is 2.35 bits per heavy atom. The summed E-state index contributed by atoms with van der Waals surface area (Å²) in [5.74, 6) is 0.670. The van der Waals surface area contributed by atoms with Crippen LogP contribution in [-0.4, -0.2) is 39.5 Å². The molecular formula is C15H24N4S. The third-order valence-corrected chi connectivity index (χ3v) is 5.08. The number of rotatable bonds is 4. The first-order valence-electron chi connectivity index (χ1n) is 7.56. The highest BCUT2D eigenvalue weighted by atomic mass is 32.1. The molecule has 1 N–H and O–H groups in total. The van der Waals surface area contributed by atoms with Gasteiger partial charge < -0.3 is 5.32 Å². The number of aromatic nitrogens is 2. The zero-order valence-electron chi connectivity index (χ0n) is 12.5. The van der Waals surface area contributed by atoms with Crippen molar-refractivity contribution >= 4 is 16.3 Å². The fourth-order valence-electron chi connectivity index (χ4n) is 3.07. The van der Waals surface area contributed by atoms with Gasteiger partial charge in [0.05, 0.1) is 5.69 Å². The molecule has 0 aliphatic carbocycles. The summed E-state index contributed by atoms with van der Waals surface area (Å²) >= 11 is 1.70. The number of nitrogens with one attached hydrogen (secondary N) is 1. The third-order valence-electron chi connectivity index (χ3n) is 4.31. The van der Waals surface area contributed by atoms with Crippen molar-refractivity contribution in [1.29, 1.82) is 0 Å². The summed E-state index contributed by atoms with van der Waals surface area (Å²) in [6.45, 7) is 10.1. The van der Waals surface area contributed by atoms with Crippen molar-refractivity contribution in [3.8, 4) is 0 Å². The van der Waals surface area contributed by atoms with Gasteiger partial charge in [-0.15, -0.1) is 11.3 Å². The molecule has 2 unspecified atom stereocenters. The van der Waals surface area contributed by atoms with Gasteiger partial charge in [0.1, 0.15) is 0 Å². The van der Waals surface area contributed by atoms with Crippen LogP contribution in [0.4, 0.5) is 0 Å². The molecule has 0 saturated carbocycles. The predicted octanol–water partition coefficient (Wildman–Crippen LogP) is 2.60. The highest BCUT2D eigenvalue weighted by molar-refractivity contribution is 7.15. The normalized spacial score (nSPS) is 24.8. The standard InChI is InChI=1S/C15H24N4S/c1-4-12-8-19(14(7-16-12)11(2)3)10-13-9-18-5-6-20-15(18)17-13/h5-6,9,11-12,14,16H,4,7-8,10H2,1-3H3. The second-order valence-corrected chi connectivity index (χ2v) is 6.95. The molecule has 1 saturated heterocycles. The number of hydrogen-bond donors (Lipinski definition) is 1. The Morgan fingerprint density at radius 1 is 1.50 bits per heavy atom. The third kappa shape index (κ3) is 2.75. The minimum Gasteiger partial charge on any atom is -0.311 e. The van der Waals surface area contributed by atoms with Gasteiger partial charge in [-0.1, -0.05) is 20.8 Å². The van der Waals surface area contributed by atoms with E-state index in [0.717, 1.165) is 24.6 Å². The van der Waals surface area contributed by atoms with Crippen LogP contribution in [0.1, 0.15) is 32.9 Å². The quantitative estimate of drug-likeness (QED) is 0.940. The van der Waals surface area contributed by atoms with Crippen LogP contribution >= 0.6 is 11.3 Å². The number of thiazole rings is 1. The van der Waals surface area contributed by atoms with E-state index in [1.807, 2.05) is 0 Å². The summed E-state index contributed by atoms with van der Waals surface area (Å²) in [6.07, 6.45) is 5.45. The van der Waals surface area contributed by atoms with Crippen LogP contribution in [0.5, 0.6) is 0 Å². The number of piperazine rings is 1. The largest absolute Gasteiger partial charge is 0.311 e. The summed E-state index contributed by atoms with van der Waals surface area (Å²) in [4.78, 5) is 8.44. The van der Waals surface area contributed by atoms with E-state index in [-0.39, 0.29) is 0 Å². The average molecular weight is 292 g/mol. The number of nitrogens with zero attached hydrogens (tertiary/aromatic N) is 3. The SMILES string of the molecule is CCC1CN(Cc2cn3ccsc3n2)C(C(C)C)CN1. The first-order chi connectivity index (χ1) is 9.67. The molecule has 0 radical (unpaired) electrons. The molecule has 0 spiro atoms. The van der Waals surface area contributed by atoms with Gasteiger partial charge in [0, 0.05) is 49.5 Å². The molecule has 0 aromatic carbocycles. The molecule has 0 bridgehead atoms. The van der Waals surface area contributed by atoms with Crippen LogP contribution in [0.2, 0.25) is 0 Å². The van der Waals surface area contributed by atoms with Gasteiger partial charge in [-0.3, -0.25) is 9.30 Å². The summed E-state index contributed by atoms with van der Waals surface area (Å²) in [6, 6.07) is 1.23. The maximum Gasteiger partial charge on any atom is 0.193 e. The maximum atomic E-state index is 4.73. The predicted molar refractivity (Wildman–Crippen MR) is 84.2 cm³/mol. The van der Waals surface area contributed by atoms with E-state index in [1.165, 1.54) is 12.1 Å². The van der Waals surface area contributed by atoms with Crippen LogP contribution in [-0.2, 0) is 6.54 Å². The molecule has 20 heavy (non-hydrogen) atoms. The Morgan fingerprint density at radius 3 is 3.05 bits per heavy atom. The molecule has 3 rings (SSSR count). The van der Waals surface area contributed by atoms with Crippen molar-refractivity contribution in [3.63, 3.8) is 0 Å². The topological polar surface area (TPSA) is 32.6 Å². The van der Waals surface area contributed by atoms with Crippen LogP contribution in [0.3, 0.4) is 0 Å². The number of fused-ring (bicyclic) bond motifs is 1. The molecular weight excluding hydrogens is 268 g/mol. The van der Waals surface area contributed by atoms with E-state index in [1.54, 1.807) is 11.3 Å². The van der Waals surface area contributed by atoms with Gasteiger partial charge in [-0.05, 0) is 12.3 Å². The van der Waals surface area contributed by atoms with Crippen LogP contribution in [0, 0.1) is 5.92 Å². The molecule has 4 nitrogen and oxygen atoms in total. The van der Waals surface area contributed by atoms with E-state index in [4.69, 9.17) is 4.98 Å². The van der Waals surface area contributed by atoms with Crippen molar-refractivity contribution in [2.24, 2.45) is 5.92 Å². The summed E-state index contributed by atoms with van der Waals surface area (Å²) in [5, 5.41) is 5.76. The van der Waals surface area contributed by atoms with Crippen LogP contribution in [0.25, 0.3) is 4.96 Å². The smallest absolute Gasteiger partial charge is 0.193 e. The van der Waals surface area contributed by atoms with Crippen LogP contribution < -0.4 is 5.32 Å². The fraction of sp³-hybridized carbons (Fsp3) is 0.667. The molecule has 1 fully saturated rings. The minimum absolute atomic E-state index is 0.609.